The third-order valence-corrected chi connectivity index (χ3v) is 5.57. The minimum Gasteiger partial charge on any atom is -0.481 e. The van der Waals surface area contributed by atoms with Gasteiger partial charge in [0, 0.05) is 0 Å². The molecule has 2 aromatic heterocycles. The zero-order valence-electron chi connectivity index (χ0n) is 13.9. The molecule has 0 saturated carbocycles. The second-order valence-electron chi connectivity index (χ2n) is 5.83. The second kappa shape index (κ2) is 7.56. The summed E-state index contributed by atoms with van der Waals surface area (Å²) < 4.78 is 25.1. The van der Waals surface area contributed by atoms with Gasteiger partial charge in [-0.3, -0.25) is 14.2 Å². The summed E-state index contributed by atoms with van der Waals surface area (Å²) in [4.78, 5) is 33.9. The summed E-state index contributed by atoms with van der Waals surface area (Å²) in [7, 11) is -3.65. The number of rotatable bonds is 7. The molecule has 27 heavy (non-hydrogen) atoms. The maximum absolute atomic E-state index is 12.6. The smallest absolute Gasteiger partial charge is 0.321 e. The number of anilines is 1. The van der Waals surface area contributed by atoms with Gasteiger partial charge in [0.1, 0.15) is 30.3 Å². The molecule has 0 spiro atoms. The van der Waals surface area contributed by atoms with Gasteiger partial charge in [0.2, 0.25) is 0 Å². The SMILES string of the molecule is Nc1ncnc2c1ncn2C[C@@H]1COP(=O)(NC(CC(=O)O)C(=O)O)CO1. The summed E-state index contributed by atoms with van der Waals surface area (Å²) >= 11 is 0. The van der Waals surface area contributed by atoms with Crippen LogP contribution in [0.25, 0.3) is 11.2 Å². The second-order valence-corrected chi connectivity index (χ2v) is 7.95. The number of nitrogen functional groups attached to an aromatic ring is 1. The molecule has 1 aliphatic rings. The van der Waals surface area contributed by atoms with Gasteiger partial charge in [-0.05, 0) is 0 Å². The number of hydrogen-bond donors (Lipinski definition) is 4. The van der Waals surface area contributed by atoms with E-state index in [1.807, 2.05) is 0 Å². The first-order valence-electron chi connectivity index (χ1n) is 7.76. The van der Waals surface area contributed by atoms with Gasteiger partial charge in [0.05, 0.1) is 25.9 Å². The lowest BCUT2D eigenvalue weighted by atomic mass is 10.2. The molecule has 1 fully saturated rings. The quantitative estimate of drug-likeness (QED) is 0.436. The number of aromatic nitrogens is 4. The fourth-order valence-corrected chi connectivity index (χ4v) is 4.24. The molecule has 3 atom stereocenters. The minimum absolute atomic E-state index is 0.0933. The van der Waals surface area contributed by atoms with Crippen LogP contribution in [0.4, 0.5) is 5.82 Å². The third kappa shape index (κ3) is 4.39. The van der Waals surface area contributed by atoms with E-state index in [2.05, 4.69) is 20.0 Å². The summed E-state index contributed by atoms with van der Waals surface area (Å²) in [6.45, 7) is 0.189. The number of nitrogens with one attached hydrogen (secondary N) is 1. The van der Waals surface area contributed by atoms with E-state index < -0.39 is 44.4 Å². The Morgan fingerprint density at radius 1 is 1.41 bits per heavy atom. The highest BCUT2D eigenvalue weighted by molar-refractivity contribution is 7.56. The summed E-state index contributed by atoms with van der Waals surface area (Å²) in [5.74, 6) is -2.54. The Morgan fingerprint density at radius 2 is 2.19 bits per heavy atom. The Bertz CT molecular complexity index is 906. The van der Waals surface area contributed by atoms with E-state index in [9.17, 15) is 14.2 Å². The van der Waals surface area contributed by atoms with Crippen molar-refractivity contribution in [2.75, 3.05) is 18.7 Å². The van der Waals surface area contributed by atoms with Crippen LogP contribution in [0.2, 0.25) is 0 Å². The number of ether oxygens (including phenoxy) is 1. The zero-order valence-corrected chi connectivity index (χ0v) is 14.8. The number of carboxylic acid groups (broad SMARTS) is 2. The van der Waals surface area contributed by atoms with Gasteiger partial charge in [-0.2, -0.15) is 0 Å². The van der Waals surface area contributed by atoms with Gasteiger partial charge in [0.25, 0.3) is 7.52 Å². The Kier molecular flexibility index (Phi) is 5.37. The maximum atomic E-state index is 12.6. The Hall–Kier alpha value is -2.60. The van der Waals surface area contributed by atoms with Crippen molar-refractivity contribution < 1.29 is 33.6 Å². The molecule has 5 N–H and O–H groups in total. The molecule has 1 aliphatic heterocycles. The number of fused-ring (bicyclic) bond motifs is 1. The van der Waals surface area contributed by atoms with Gasteiger partial charge < -0.3 is 29.8 Å². The molecule has 0 radical (unpaired) electrons. The van der Waals surface area contributed by atoms with Crippen molar-refractivity contribution in [3.8, 4) is 0 Å². The van der Waals surface area contributed by atoms with Crippen LogP contribution in [0.5, 0.6) is 0 Å². The molecule has 0 aliphatic carbocycles. The van der Waals surface area contributed by atoms with Crippen molar-refractivity contribution in [1.82, 2.24) is 24.6 Å². The Labute approximate surface area is 152 Å². The number of imidazole rings is 1. The molecule has 14 heteroatoms. The van der Waals surface area contributed by atoms with Gasteiger partial charge >= 0.3 is 11.9 Å². The molecule has 1 saturated heterocycles. The monoisotopic (exact) mass is 400 g/mol. The van der Waals surface area contributed by atoms with Crippen molar-refractivity contribution in [3.05, 3.63) is 12.7 Å². The molecule has 2 unspecified atom stereocenters. The van der Waals surface area contributed by atoms with E-state index >= 15 is 0 Å². The van der Waals surface area contributed by atoms with Crippen LogP contribution in [0.1, 0.15) is 6.42 Å². The number of nitrogens with zero attached hydrogens (tertiary/aromatic N) is 4. The van der Waals surface area contributed by atoms with Crippen LogP contribution in [-0.2, 0) is 30.0 Å². The zero-order chi connectivity index (χ0) is 19.6. The van der Waals surface area contributed by atoms with Crippen LogP contribution < -0.4 is 10.8 Å². The summed E-state index contributed by atoms with van der Waals surface area (Å²) in [5, 5.41) is 20.0. The summed E-state index contributed by atoms with van der Waals surface area (Å²) in [5.41, 5.74) is 6.67. The van der Waals surface area contributed by atoms with Gasteiger partial charge in [-0.1, -0.05) is 0 Å². The van der Waals surface area contributed by atoms with E-state index in [0.717, 1.165) is 0 Å². The topological polar surface area (TPSA) is 192 Å². The highest BCUT2D eigenvalue weighted by atomic mass is 31.2. The molecular weight excluding hydrogens is 383 g/mol. The summed E-state index contributed by atoms with van der Waals surface area (Å²) in [6.07, 6.45) is 1.18. The average Bonchev–Trinajstić information content (AvgIpc) is 3.00. The first-order chi connectivity index (χ1) is 12.8. The highest BCUT2D eigenvalue weighted by Crippen LogP contribution is 2.46. The van der Waals surface area contributed by atoms with Crippen LogP contribution >= 0.6 is 7.52 Å². The lowest BCUT2D eigenvalue weighted by molar-refractivity contribution is -0.145. The van der Waals surface area contributed by atoms with E-state index in [-0.39, 0.29) is 19.0 Å². The lowest BCUT2D eigenvalue weighted by Crippen LogP contribution is -2.41. The molecule has 3 heterocycles. The van der Waals surface area contributed by atoms with Crippen LogP contribution in [0.15, 0.2) is 12.7 Å². The number of nitrogens with two attached hydrogens (primary N) is 1. The van der Waals surface area contributed by atoms with Crippen molar-refractivity contribution in [1.29, 1.82) is 0 Å². The predicted molar refractivity (Wildman–Crippen MR) is 89.8 cm³/mol. The van der Waals surface area contributed by atoms with Gasteiger partial charge in [0.15, 0.2) is 11.5 Å². The molecule has 146 valence electrons. The molecule has 0 aromatic carbocycles. The molecule has 0 bridgehead atoms. The third-order valence-electron chi connectivity index (χ3n) is 3.81. The van der Waals surface area contributed by atoms with Gasteiger partial charge in [-0.15, -0.1) is 0 Å². The number of carbonyl (C=O) groups is 2. The Morgan fingerprint density at radius 3 is 2.81 bits per heavy atom. The first kappa shape index (κ1) is 19.2. The molecule has 0 amide bonds. The average molecular weight is 400 g/mol. The minimum atomic E-state index is -3.65. The Balaban J connectivity index is 1.62. The van der Waals surface area contributed by atoms with Crippen molar-refractivity contribution >= 4 is 36.4 Å². The van der Waals surface area contributed by atoms with Gasteiger partial charge in [-0.25, -0.2) is 20.0 Å². The van der Waals surface area contributed by atoms with E-state index in [1.54, 1.807) is 4.57 Å². The van der Waals surface area contributed by atoms with E-state index in [4.69, 9.17) is 25.2 Å². The van der Waals surface area contributed by atoms with E-state index in [0.29, 0.717) is 11.2 Å². The first-order valence-corrected chi connectivity index (χ1v) is 9.57. The van der Waals surface area contributed by atoms with E-state index in [1.165, 1.54) is 12.7 Å². The predicted octanol–water partition coefficient (Wildman–Crippen LogP) is -0.508. The standard InChI is InChI=1S/C13H17N6O7P/c14-11-10-12(16-4-15-11)19(5-17-10)2-7-3-26-27(24,6-25-7)18-8(13(22)23)1-9(20)21/h4-5,7-8H,1-3,6H2,(H,18,24)(H,20,21)(H,22,23)(H2,14,15,16)/t7-,8?,27?/m1/s1. The van der Waals surface area contributed by atoms with Crippen LogP contribution in [0, 0.1) is 0 Å². The fraction of sp³-hybridized carbons (Fsp3) is 0.462. The van der Waals surface area contributed by atoms with Crippen molar-refractivity contribution in [3.63, 3.8) is 0 Å². The number of carboxylic acids is 2. The number of hydrogen-bond acceptors (Lipinski definition) is 9. The lowest BCUT2D eigenvalue weighted by Gasteiger charge is -2.31. The van der Waals surface area contributed by atoms with Crippen molar-refractivity contribution in [2.45, 2.75) is 25.1 Å². The van der Waals surface area contributed by atoms with Crippen molar-refractivity contribution in [2.24, 2.45) is 0 Å². The molecule has 13 nitrogen and oxygen atoms in total. The highest BCUT2D eigenvalue weighted by Gasteiger charge is 2.37. The largest absolute Gasteiger partial charge is 0.481 e. The molecular formula is C13H17N6O7P. The molecule has 3 rings (SSSR count). The number of aliphatic carboxylic acids is 2. The molecule has 2 aromatic rings. The van der Waals surface area contributed by atoms with Crippen LogP contribution in [0.3, 0.4) is 0 Å². The fourth-order valence-electron chi connectivity index (χ4n) is 2.52. The maximum Gasteiger partial charge on any atom is 0.321 e. The summed E-state index contributed by atoms with van der Waals surface area (Å²) in [6, 6.07) is -1.55. The normalized spacial score (nSPS) is 23.9. The van der Waals surface area contributed by atoms with Crippen LogP contribution in [-0.4, -0.2) is 66.8 Å².